The molecule has 2 aliphatic rings. The monoisotopic (exact) mass is 421 g/mol. The van der Waals surface area contributed by atoms with Crippen LogP contribution in [0.25, 0.3) is 11.1 Å². The standard InChI is InChI=1S/C25H31N3O3/c1-24(2,3)23(30)28-12-13-31-25(17-28,22(29)27-21-9-10-21)15-18-6-4-7-19(14-18)20-8-5-11-26-16-20/h4-8,11,14,16,21H,9-10,12-13,15,17H2,1-3H3,(H,27,29)/t25-/m0/s1. The third-order valence-corrected chi connectivity index (χ3v) is 5.85. The Labute approximate surface area is 184 Å². The number of carbonyl (C=O) groups is 2. The van der Waals surface area contributed by atoms with Crippen LogP contribution >= 0.6 is 0 Å². The molecule has 0 unspecified atom stereocenters. The second-order valence-electron chi connectivity index (χ2n) is 9.69. The molecule has 164 valence electrons. The first kappa shape index (κ1) is 21.5. The van der Waals surface area contributed by atoms with Gasteiger partial charge in [0, 0.05) is 36.8 Å². The molecule has 2 fully saturated rings. The Morgan fingerprint density at radius 2 is 1.97 bits per heavy atom. The number of benzene rings is 1. The van der Waals surface area contributed by atoms with Gasteiger partial charge in [0.25, 0.3) is 5.91 Å². The largest absolute Gasteiger partial charge is 0.361 e. The number of rotatable bonds is 5. The van der Waals surface area contributed by atoms with Crippen molar-refractivity contribution in [3.05, 3.63) is 54.4 Å². The molecule has 6 nitrogen and oxygen atoms in total. The minimum absolute atomic E-state index is 0.0449. The van der Waals surface area contributed by atoms with Gasteiger partial charge in [-0.05, 0) is 35.6 Å². The Bertz CT molecular complexity index is 950. The lowest BCUT2D eigenvalue weighted by atomic mass is 9.88. The van der Waals surface area contributed by atoms with Gasteiger partial charge >= 0.3 is 0 Å². The van der Waals surface area contributed by atoms with E-state index < -0.39 is 11.0 Å². The Balaban J connectivity index is 1.63. The Morgan fingerprint density at radius 1 is 1.19 bits per heavy atom. The molecule has 2 amide bonds. The van der Waals surface area contributed by atoms with Crippen molar-refractivity contribution >= 4 is 11.8 Å². The summed E-state index contributed by atoms with van der Waals surface area (Å²) in [6.07, 6.45) is 6.00. The van der Waals surface area contributed by atoms with E-state index in [9.17, 15) is 9.59 Å². The topological polar surface area (TPSA) is 71.5 Å². The average molecular weight is 422 g/mol. The highest BCUT2D eigenvalue weighted by molar-refractivity contribution is 5.88. The van der Waals surface area contributed by atoms with Crippen LogP contribution < -0.4 is 5.32 Å². The number of nitrogens with zero attached hydrogens (tertiary/aromatic N) is 2. The fourth-order valence-electron chi connectivity index (χ4n) is 4.03. The highest BCUT2D eigenvalue weighted by atomic mass is 16.5. The van der Waals surface area contributed by atoms with Crippen LogP contribution in [0.5, 0.6) is 0 Å². The zero-order valence-corrected chi connectivity index (χ0v) is 18.6. The minimum Gasteiger partial charge on any atom is -0.361 e. The molecule has 1 atom stereocenters. The van der Waals surface area contributed by atoms with Crippen molar-refractivity contribution < 1.29 is 14.3 Å². The number of amides is 2. The first-order chi connectivity index (χ1) is 14.8. The van der Waals surface area contributed by atoms with E-state index in [0.717, 1.165) is 29.5 Å². The molecule has 2 heterocycles. The summed E-state index contributed by atoms with van der Waals surface area (Å²) in [4.78, 5) is 32.4. The molecule has 0 spiro atoms. The van der Waals surface area contributed by atoms with Crippen molar-refractivity contribution in [2.45, 2.75) is 51.7 Å². The van der Waals surface area contributed by atoms with Gasteiger partial charge in [0.2, 0.25) is 5.91 Å². The highest BCUT2D eigenvalue weighted by Gasteiger charge is 2.47. The van der Waals surface area contributed by atoms with Crippen LogP contribution in [0.15, 0.2) is 48.8 Å². The van der Waals surface area contributed by atoms with Gasteiger partial charge < -0.3 is 15.0 Å². The predicted octanol–water partition coefficient (Wildman–Crippen LogP) is 3.21. The van der Waals surface area contributed by atoms with Crippen LogP contribution in [-0.4, -0.2) is 53.0 Å². The molecule has 1 aliphatic carbocycles. The van der Waals surface area contributed by atoms with Crippen LogP contribution in [0, 0.1) is 5.41 Å². The molecule has 0 bridgehead atoms. The molecule has 1 saturated heterocycles. The summed E-state index contributed by atoms with van der Waals surface area (Å²) < 4.78 is 6.18. The maximum Gasteiger partial charge on any atom is 0.254 e. The number of carbonyl (C=O) groups excluding carboxylic acids is 2. The molecule has 1 N–H and O–H groups in total. The second kappa shape index (κ2) is 8.42. The maximum atomic E-state index is 13.4. The van der Waals surface area contributed by atoms with Crippen LogP contribution in [0.1, 0.15) is 39.2 Å². The first-order valence-electron chi connectivity index (χ1n) is 11.0. The third-order valence-electron chi connectivity index (χ3n) is 5.85. The molecule has 1 aromatic heterocycles. The normalized spacial score (nSPS) is 21.6. The van der Waals surface area contributed by atoms with Gasteiger partial charge in [-0.15, -0.1) is 0 Å². The number of nitrogens with one attached hydrogen (secondary N) is 1. The number of hydrogen-bond acceptors (Lipinski definition) is 4. The van der Waals surface area contributed by atoms with Crippen LogP contribution in [0.4, 0.5) is 0 Å². The van der Waals surface area contributed by atoms with E-state index >= 15 is 0 Å². The van der Waals surface area contributed by atoms with Gasteiger partial charge in [-0.3, -0.25) is 14.6 Å². The van der Waals surface area contributed by atoms with Gasteiger partial charge in [0.15, 0.2) is 5.60 Å². The van der Waals surface area contributed by atoms with E-state index in [-0.39, 0.29) is 24.4 Å². The fraction of sp³-hybridized carbons (Fsp3) is 0.480. The number of hydrogen-bond donors (Lipinski definition) is 1. The van der Waals surface area contributed by atoms with E-state index in [1.807, 2.05) is 57.3 Å². The van der Waals surface area contributed by atoms with Crippen LogP contribution in [0.2, 0.25) is 0 Å². The van der Waals surface area contributed by atoms with Gasteiger partial charge in [0.05, 0.1) is 13.2 Å². The molecule has 2 aromatic rings. The van der Waals surface area contributed by atoms with Crippen molar-refractivity contribution in [3.8, 4) is 11.1 Å². The molecule has 1 aliphatic heterocycles. The molecular weight excluding hydrogens is 390 g/mol. The maximum absolute atomic E-state index is 13.4. The zero-order chi connectivity index (χ0) is 22.1. The molecule has 1 aromatic carbocycles. The Morgan fingerprint density at radius 3 is 2.65 bits per heavy atom. The molecule has 4 rings (SSSR count). The van der Waals surface area contributed by atoms with Crippen molar-refractivity contribution in [2.75, 3.05) is 19.7 Å². The lowest BCUT2D eigenvalue weighted by molar-refractivity contribution is -0.169. The number of ether oxygens (including phenoxy) is 1. The van der Waals surface area contributed by atoms with E-state index in [4.69, 9.17) is 4.74 Å². The molecule has 0 radical (unpaired) electrons. The average Bonchev–Trinajstić information content (AvgIpc) is 3.57. The van der Waals surface area contributed by atoms with E-state index in [0.29, 0.717) is 19.6 Å². The first-order valence-corrected chi connectivity index (χ1v) is 11.0. The summed E-state index contributed by atoms with van der Waals surface area (Å²) in [5.41, 5.74) is 1.47. The number of aromatic nitrogens is 1. The molecule has 1 saturated carbocycles. The van der Waals surface area contributed by atoms with Gasteiger partial charge in [0.1, 0.15) is 0 Å². The summed E-state index contributed by atoms with van der Waals surface area (Å²) in [6, 6.07) is 12.3. The quantitative estimate of drug-likeness (QED) is 0.805. The third kappa shape index (κ3) is 4.96. The molecule has 31 heavy (non-hydrogen) atoms. The summed E-state index contributed by atoms with van der Waals surface area (Å²) in [6.45, 7) is 6.85. The van der Waals surface area contributed by atoms with Crippen molar-refractivity contribution in [1.29, 1.82) is 0 Å². The summed E-state index contributed by atoms with van der Waals surface area (Å²) >= 11 is 0. The van der Waals surface area contributed by atoms with Crippen molar-refractivity contribution in [3.63, 3.8) is 0 Å². The van der Waals surface area contributed by atoms with Crippen LogP contribution in [-0.2, 0) is 20.7 Å². The second-order valence-corrected chi connectivity index (χ2v) is 9.69. The molecule has 6 heteroatoms. The van der Waals surface area contributed by atoms with Gasteiger partial charge in [-0.2, -0.15) is 0 Å². The van der Waals surface area contributed by atoms with Crippen molar-refractivity contribution in [1.82, 2.24) is 15.2 Å². The van der Waals surface area contributed by atoms with E-state index in [2.05, 4.69) is 16.4 Å². The van der Waals surface area contributed by atoms with E-state index in [1.165, 1.54) is 0 Å². The number of pyridine rings is 1. The smallest absolute Gasteiger partial charge is 0.254 e. The zero-order valence-electron chi connectivity index (χ0n) is 18.6. The summed E-state index contributed by atoms with van der Waals surface area (Å²) in [5.74, 6) is -0.0725. The Hall–Kier alpha value is -2.73. The minimum atomic E-state index is -1.09. The molecular formula is C25H31N3O3. The lowest BCUT2D eigenvalue weighted by Gasteiger charge is -2.43. The van der Waals surface area contributed by atoms with Crippen molar-refractivity contribution in [2.24, 2.45) is 5.41 Å². The van der Waals surface area contributed by atoms with Gasteiger partial charge in [-0.1, -0.05) is 51.1 Å². The summed E-state index contributed by atoms with van der Waals surface area (Å²) in [5, 5.41) is 3.12. The lowest BCUT2D eigenvalue weighted by Crippen LogP contribution is -2.63. The number of morpholine rings is 1. The van der Waals surface area contributed by atoms with Crippen LogP contribution in [0.3, 0.4) is 0 Å². The SMILES string of the molecule is CC(C)(C)C(=O)N1CCO[C@](Cc2cccc(-c3cccnc3)c2)(C(=O)NC2CC2)C1. The van der Waals surface area contributed by atoms with E-state index in [1.54, 1.807) is 11.1 Å². The Kier molecular flexibility index (Phi) is 5.84. The predicted molar refractivity (Wildman–Crippen MR) is 119 cm³/mol. The highest BCUT2D eigenvalue weighted by Crippen LogP contribution is 2.30. The summed E-state index contributed by atoms with van der Waals surface area (Å²) in [7, 11) is 0. The fourth-order valence-corrected chi connectivity index (χ4v) is 4.03. The van der Waals surface area contributed by atoms with Gasteiger partial charge in [-0.25, -0.2) is 0 Å².